The normalized spacial score (nSPS) is 12.8. The summed E-state index contributed by atoms with van der Waals surface area (Å²) < 4.78 is 0. The Morgan fingerprint density at radius 3 is 2.00 bits per heavy atom. The van der Waals surface area contributed by atoms with E-state index in [2.05, 4.69) is 0 Å². The van der Waals surface area contributed by atoms with Crippen LogP contribution in [-0.4, -0.2) is 21.9 Å². The standard InChI is InChI=1S/C8H12N2O3/c9-3-5(10)4-1-6(11)8(13)7(12)2-4/h1-2,5,11-13H,3,9-10H2/t5-/m1/s1. The fourth-order valence-electron chi connectivity index (χ4n) is 0.975. The Morgan fingerprint density at radius 2 is 1.62 bits per heavy atom. The molecule has 1 aromatic carbocycles. The summed E-state index contributed by atoms with van der Waals surface area (Å²) in [4.78, 5) is 0. The number of benzene rings is 1. The molecule has 0 aromatic heterocycles. The van der Waals surface area contributed by atoms with Gasteiger partial charge in [-0.3, -0.25) is 0 Å². The van der Waals surface area contributed by atoms with E-state index in [-0.39, 0.29) is 6.54 Å². The van der Waals surface area contributed by atoms with Crippen LogP contribution in [0.5, 0.6) is 17.2 Å². The molecular formula is C8H12N2O3. The summed E-state index contributed by atoms with van der Waals surface area (Å²) in [6.45, 7) is 0.198. The molecule has 0 unspecified atom stereocenters. The second-order valence-electron chi connectivity index (χ2n) is 2.75. The van der Waals surface area contributed by atoms with Crippen molar-refractivity contribution >= 4 is 0 Å². The van der Waals surface area contributed by atoms with E-state index in [1.54, 1.807) is 0 Å². The highest BCUT2D eigenvalue weighted by Gasteiger charge is 2.11. The summed E-state index contributed by atoms with van der Waals surface area (Å²) in [6, 6.07) is 2.08. The third-order valence-electron chi connectivity index (χ3n) is 1.77. The molecule has 13 heavy (non-hydrogen) atoms. The van der Waals surface area contributed by atoms with E-state index in [4.69, 9.17) is 26.8 Å². The molecule has 1 aromatic rings. The lowest BCUT2D eigenvalue weighted by Gasteiger charge is -2.10. The van der Waals surface area contributed by atoms with Crippen LogP contribution < -0.4 is 11.5 Å². The van der Waals surface area contributed by atoms with Gasteiger partial charge in [0.15, 0.2) is 17.2 Å². The van der Waals surface area contributed by atoms with Crippen molar-refractivity contribution in [3.8, 4) is 17.2 Å². The van der Waals surface area contributed by atoms with Crippen molar-refractivity contribution in [1.82, 2.24) is 0 Å². The van der Waals surface area contributed by atoms with Crippen LogP contribution in [-0.2, 0) is 0 Å². The molecule has 0 fully saturated rings. The molecule has 0 radical (unpaired) electrons. The van der Waals surface area contributed by atoms with Crippen LogP contribution in [0.25, 0.3) is 0 Å². The van der Waals surface area contributed by atoms with Gasteiger partial charge >= 0.3 is 0 Å². The number of phenolic OH excluding ortho intramolecular Hbond substituents is 3. The first-order valence-electron chi connectivity index (χ1n) is 3.76. The zero-order valence-electron chi connectivity index (χ0n) is 6.94. The largest absolute Gasteiger partial charge is 0.504 e. The number of phenols is 3. The van der Waals surface area contributed by atoms with Crippen molar-refractivity contribution in [3.63, 3.8) is 0 Å². The molecule has 5 heteroatoms. The zero-order valence-corrected chi connectivity index (χ0v) is 6.94. The molecule has 0 saturated carbocycles. The molecule has 0 aliphatic rings. The fraction of sp³-hybridized carbons (Fsp3) is 0.250. The minimum atomic E-state index is -0.548. The maximum absolute atomic E-state index is 9.12. The Hall–Kier alpha value is -1.46. The highest BCUT2D eigenvalue weighted by Crippen LogP contribution is 2.36. The molecule has 5 nitrogen and oxygen atoms in total. The summed E-state index contributed by atoms with van der Waals surface area (Å²) in [6.07, 6.45) is 0. The third kappa shape index (κ3) is 1.82. The van der Waals surface area contributed by atoms with E-state index in [9.17, 15) is 0 Å². The van der Waals surface area contributed by atoms with Gasteiger partial charge in [-0.15, -0.1) is 0 Å². The van der Waals surface area contributed by atoms with E-state index in [1.807, 2.05) is 0 Å². The Balaban J connectivity index is 3.13. The van der Waals surface area contributed by atoms with Crippen molar-refractivity contribution in [1.29, 1.82) is 0 Å². The predicted molar refractivity (Wildman–Crippen MR) is 47.4 cm³/mol. The second kappa shape index (κ2) is 3.51. The van der Waals surface area contributed by atoms with Crippen LogP contribution in [0.3, 0.4) is 0 Å². The highest BCUT2D eigenvalue weighted by molar-refractivity contribution is 5.51. The average molecular weight is 184 g/mol. The summed E-state index contributed by atoms with van der Waals surface area (Å²) in [5.74, 6) is -1.36. The smallest absolute Gasteiger partial charge is 0.200 e. The van der Waals surface area contributed by atoms with Crippen LogP contribution in [0.4, 0.5) is 0 Å². The zero-order chi connectivity index (χ0) is 10.0. The van der Waals surface area contributed by atoms with Crippen molar-refractivity contribution in [2.45, 2.75) is 6.04 Å². The topological polar surface area (TPSA) is 113 Å². The molecule has 0 bridgehead atoms. The highest BCUT2D eigenvalue weighted by atomic mass is 16.3. The lowest BCUT2D eigenvalue weighted by atomic mass is 10.1. The van der Waals surface area contributed by atoms with E-state index >= 15 is 0 Å². The number of hydrogen-bond donors (Lipinski definition) is 5. The Labute approximate surface area is 75.2 Å². The van der Waals surface area contributed by atoms with Gasteiger partial charge in [0.2, 0.25) is 0 Å². The van der Waals surface area contributed by atoms with Crippen LogP contribution in [0.1, 0.15) is 11.6 Å². The fourth-order valence-corrected chi connectivity index (χ4v) is 0.975. The summed E-state index contributed by atoms with van der Waals surface area (Å²) in [5.41, 5.74) is 11.3. The molecule has 7 N–H and O–H groups in total. The summed E-state index contributed by atoms with van der Waals surface area (Å²) in [5, 5.41) is 27.3. The van der Waals surface area contributed by atoms with Crippen LogP contribution >= 0.6 is 0 Å². The van der Waals surface area contributed by atoms with E-state index in [0.29, 0.717) is 5.56 Å². The van der Waals surface area contributed by atoms with Gasteiger partial charge in [0.05, 0.1) is 0 Å². The van der Waals surface area contributed by atoms with Gasteiger partial charge in [-0.1, -0.05) is 0 Å². The summed E-state index contributed by atoms with van der Waals surface area (Å²) >= 11 is 0. The average Bonchev–Trinajstić information content (AvgIpc) is 2.12. The van der Waals surface area contributed by atoms with Gasteiger partial charge in [0.1, 0.15) is 0 Å². The van der Waals surface area contributed by atoms with Crippen LogP contribution in [0, 0.1) is 0 Å². The number of rotatable bonds is 2. The second-order valence-corrected chi connectivity index (χ2v) is 2.75. The first-order chi connectivity index (χ1) is 6.06. The summed E-state index contributed by atoms with van der Waals surface area (Å²) in [7, 11) is 0. The van der Waals surface area contributed by atoms with Gasteiger partial charge in [0.25, 0.3) is 0 Å². The van der Waals surface area contributed by atoms with Crippen molar-refractivity contribution < 1.29 is 15.3 Å². The molecule has 0 heterocycles. The Kier molecular flexibility index (Phi) is 2.60. The van der Waals surface area contributed by atoms with E-state index in [1.165, 1.54) is 12.1 Å². The number of hydrogen-bond acceptors (Lipinski definition) is 5. The number of aromatic hydroxyl groups is 3. The van der Waals surface area contributed by atoms with Crippen LogP contribution in [0.15, 0.2) is 12.1 Å². The van der Waals surface area contributed by atoms with Gasteiger partial charge < -0.3 is 26.8 Å². The molecule has 1 rings (SSSR count). The van der Waals surface area contributed by atoms with Crippen molar-refractivity contribution in [2.75, 3.05) is 6.54 Å². The molecule has 0 saturated heterocycles. The first-order valence-corrected chi connectivity index (χ1v) is 3.76. The van der Waals surface area contributed by atoms with E-state index < -0.39 is 23.3 Å². The quantitative estimate of drug-likeness (QED) is 0.407. The molecule has 0 spiro atoms. The predicted octanol–water partition coefficient (Wildman–Crippen LogP) is -0.238. The maximum atomic E-state index is 9.12. The Bertz CT molecular complexity index is 291. The minimum absolute atomic E-state index is 0.198. The van der Waals surface area contributed by atoms with E-state index in [0.717, 1.165) is 0 Å². The number of nitrogens with two attached hydrogens (primary N) is 2. The molecule has 0 aliphatic carbocycles. The SMILES string of the molecule is NC[C@@H](N)c1cc(O)c(O)c(O)c1. The van der Waals surface area contributed by atoms with Crippen molar-refractivity contribution in [3.05, 3.63) is 17.7 Å². The van der Waals surface area contributed by atoms with Gasteiger partial charge in [-0.05, 0) is 17.7 Å². The minimum Gasteiger partial charge on any atom is -0.504 e. The Morgan fingerprint density at radius 1 is 1.15 bits per heavy atom. The van der Waals surface area contributed by atoms with Gasteiger partial charge in [-0.25, -0.2) is 0 Å². The molecule has 1 atom stereocenters. The molecule has 0 amide bonds. The monoisotopic (exact) mass is 184 g/mol. The van der Waals surface area contributed by atoms with Gasteiger partial charge in [-0.2, -0.15) is 0 Å². The first kappa shape index (κ1) is 9.63. The molecular weight excluding hydrogens is 172 g/mol. The molecule has 72 valence electrons. The van der Waals surface area contributed by atoms with Crippen LogP contribution in [0.2, 0.25) is 0 Å². The van der Waals surface area contributed by atoms with Gasteiger partial charge in [0, 0.05) is 12.6 Å². The lowest BCUT2D eigenvalue weighted by Crippen LogP contribution is -2.20. The third-order valence-corrected chi connectivity index (χ3v) is 1.77. The van der Waals surface area contributed by atoms with Crippen molar-refractivity contribution in [2.24, 2.45) is 11.5 Å². The maximum Gasteiger partial charge on any atom is 0.200 e. The molecule has 0 aliphatic heterocycles. The lowest BCUT2D eigenvalue weighted by molar-refractivity contribution is 0.366.